The van der Waals surface area contributed by atoms with Gasteiger partial charge < -0.3 is 20.5 Å². The molecule has 9 heteroatoms. The Labute approximate surface area is 192 Å². The number of anilines is 2. The van der Waals surface area contributed by atoms with Crippen LogP contribution in [0, 0.1) is 0 Å². The van der Waals surface area contributed by atoms with Crippen molar-refractivity contribution in [3.8, 4) is 17.1 Å². The molecule has 2 heterocycles. The topological polar surface area (TPSA) is 123 Å². The third kappa shape index (κ3) is 4.82. The molecule has 0 bridgehead atoms. The van der Waals surface area contributed by atoms with Gasteiger partial charge in [0.15, 0.2) is 5.82 Å². The Morgan fingerprint density at radius 3 is 2.82 bits per heavy atom. The molecule has 33 heavy (non-hydrogen) atoms. The average Bonchev–Trinajstić information content (AvgIpc) is 3.28. The highest BCUT2D eigenvalue weighted by molar-refractivity contribution is 5.94. The van der Waals surface area contributed by atoms with Gasteiger partial charge in [0.25, 0.3) is 0 Å². The van der Waals surface area contributed by atoms with Gasteiger partial charge in [-0.05, 0) is 74.1 Å². The fourth-order valence-electron chi connectivity index (χ4n) is 4.13. The number of H-pyrrole nitrogens is 1. The van der Waals surface area contributed by atoms with Gasteiger partial charge in [-0.2, -0.15) is 15.0 Å². The number of ether oxygens (including phenoxy) is 2. The lowest BCUT2D eigenvalue weighted by Gasteiger charge is -2.19. The third-order valence-corrected chi connectivity index (χ3v) is 5.68. The Kier molecular flexibility index (Phi) is 5.93. The van der Waals surface area contributed by atoms with Crippen LogP contribution in [-0.4, -0.2) is 39.9 Å². The summed E-state index contributed by atoms with van der Waals surface area (Å²) in [6.45, 7) is 2.34. The van der Waals surface area contributed by atoms with Crippen LogP contribution in [0.25, 0.3) is 11.4 Å². The Morgan fingerprint density at radius 1 is 1.12 bits per heavy atom. The van der Waals surface area contributed by atoms with E-state index in [1.54, 1.807) is 0 Å². The summed E-state index contributed by atoms with van der Waals surface area (Å²) < 4.78 is 11.3. The van der Waals surface area contributed by atoms with Crippen LogP contribution in [0.15, 0.2) is 52.4 Å². The van der Waals surface area contributed by atoms with Crippen molar-refractivity contribution < 1.29 is 9.47 Å². The van der Waals surface area contributed by atoms with E-state index in [1.165, 1.54) is 24.0 Å². The second kappa shape index (κ2) is 9.32. The minimum absolute atomic E-state index is 0.254. The molecule has 5 rings (SSSR count). The number of rotatable bonds is 6. The minimum atomic E-state index is -0.465. The molecule has 1 aliphatic heterocycles. The second-order valence-electron chi connectivity index (χ2n) is 8.03. The van der Waals surface area contributed by atoms with Gasteiger partial charge in [0.1, 0.15) is 11.6 Å². The first-order valence-corrected chi connectivity index (χ1v) is 11.3. The normalized spacial score (nSPS) is 17.5. The van der Waals surface area contributed by atoms with E-state index in [1.807, 2.05) is 31.2 Å². The summed E-state index contributed by atoms with van der Waals surface area (Å²) in [5.41, 5.74) is 10.7. The maximum Gasteiger partial charge on any atom is 0.316 e. The first kappa shape index (κ1) is 21.0. The third-order valence-electron chi connectivity index (χ3n) is 5.68. The van der Waals surface area contributed by atoms with Crippen LogP contribution < -0.4 is 15.8 Å². The molecule has 1 aliphatic carbocycles. The first-order chi connectivity index (χ1) is 16.2. The van der Waals surface area contributed by atoms with Crippen molar-refractivity contribution in [2.24, 2.45) is 15.7 Å². The van der Waals surface area contributed by atoms with E-state index in [0.29, 0.717) is 36.4 Å². The SMILES string of the molecule is CCOC1=NC(Oc2ccc(-c3nc(Nc4cccc5c4CCCC5)n[nH]3)cc2)CC(N)=N1. The van der Waals surface area contributed by atoms with Gasteiger partial charge in [-0.25, -0.2) is 0 Å². The Bertz CT molecular complexity index is 1180. The largest absolute Gasteiger partial charge is 0.468 e. The average molecular weight is 446 g/mol. The van der Waals surface area contributed by atoms with Gasteiger partial charge >= 0.3 is 6.02 Å². The highest BCUT2D eigenvalue weighted by Crippen LogP contribution is 2.30. The Hall–Kier alpha value is -3.88. The number of aliphatic imine (C=N–C) groups is 2. The van der Waals surface area contributed by atoms with Gasteiger partial charge in [-0.15, -0.1) is 5.10 Å². The van der Waals surface area contributed by atoms with E-state index in [4.69, 9.17) is 15.2 Å². The van der Waals surface area contributed by atoms with Crippen LogP contribution in [0.4, 0.5) is 11.6 Å². The molecule has 2 aliphatic rings. The predicted molar refractivity (Wildman–Crippen MR) is 128 cm³/mol. The van der Waals surface area contributed by atoms with Crippen molar-refractivity contribution in [2.45, 2.75) is 45.3 Å². The molecule has 1 aromatic heterocycles. The molecular weight excluding hydrogens is 418 g/mol. The standard InChI is InChI=1S/C24H27N7O2/c1-2-32-24-27-20(25)14-21(28-24)33-17-12-10-16(11-13-17)22-29-23(31-30-22)26-19-9-5-7-15-6-3-4-8-18(15)19/h5,7,9-13,21H,2-4,6,8,14H2,1H3,(H2,25,27,28)(H2,26,29,30,31). The van der Waals surface area contributed by atoms with Crippen molar-refractivity contribution in [1.29, 1.82) is 0 Å². The number of hydrogen-bond acceptors (Lipinski definition) is 8. The van der Waals surface area contributed by atoms with Crippen LogP contribution in [0.3, 0.4) is 0 Å². The van der Waals surface area contributed by atoms with Crippen molar-refractivity contribution in [1.82, 2.24) is 15.2 Å². The summed E-state index contributed by atoms with van der Waals surface area (Å²) in [5, 5.41) is 10.7. The van der Waals surface area contributed by atoms with E-state index >= 15 is 0 Å². The molecule has 1 atom stereocenters. The number of nitrogens with one attached hydrogen (secondary N) is 2. The van der Waals surface area contributed by atoms with Crippen LogP contribution >= 0.6 is 0 Å². The van der Waals surface area contributed by atoms with Gasteiger partial charge in [0, 0.05) is 11.3 Å². The number of amidine groups is 2. The molecule has 170 valence electrons. The van der Waals surface area contributed by atoms with E-state index in [-0.39, 0.29) is 6.02 Å². The fraction of sp³-hybridized carbons (Fsp3) is 0.333. The number of fused-ring (bicyclic) bond motifs is 1. The molecule has 1 unspecified atom stereocenters. The number of aryl methyl sites for hydroxylation is 1. The molecule has 0 fully saturated rings. The summed E-state index contributed by atoms with van der Waals surface area (Å²) in [6, 6.07) is 14.2. The monoisotopic (exact) mass is 445 g/mol. The molecule has 3 aromatic rings. The molecule has 0 spiro atoms. The summed E-state index contributed by atoms with van der Waals surface area (Å²) in [5.74, 6) is 2.35. The minimum Gasteiger partial charge on any atom is -0.468 e. The van der Waals surface area contributed by atoms with E-state index in [9.17, 15) is 0 Å². The van der Waals surface area contributed by atoms with Crippen LogP contribution in [0.1, 0.15) is 37.3 Å². The highest BCUT2D eigenvalue weighted by atomic mass is 16.5. The van der Waals surface area contributed by atoms with Crippen molar-refractivity contribution in [2.75, 3.05) is 11.9 Å². The zero-order valence-electron chi connectivity index (χ0n) is 18.5. The lowest BCUT2D eigenvalue weighted by molar-refractivity contribution is 0.207. The lowest BCUT2D eigenvalue weighted by Crippen LogP contribution is -2.30. The quantitative estimate of drug-likeness (QED) is 0.528. The summed E-state index contributed by atoms with van der Waals surface area (Å²) in [7, 11) is 0. The van der Waals surface area contributed by atoms with E-state index in [0.717, 1.165) is 24.1 Å². The molecule has 0 amide bonds. The molecule has 9 nitrogen and oxygen atoms in total. The number of nitrogens with two attached hydrogens (primary N) is 1. The van der Waals surface area contributed by atoms with Gasteiger partial charge in [0.05, 0.1) is 13.0 Å². The molecule has 2 aromatic carbocycles. The summed E-state index contributed by atoms with van der Waals surface area (Å²) in [4.78, 5) is 13.1. The number of nitrogens with zero attached hydrogens (tertiary/aromatic N) is 4. The lowest BCUT2D eigenvalue weighted by atomic mass is 9.90. The molecule has 0 saturated heterocycles. The number of aromatic nitrogens is 3. The summed E-state index contributed by atoms with van der Waals surface area (Å²) in [6.07, 6.45) is 4.65. The van der Waals surface area contributed by atoms with E-state index < -0.39 is 6.23 Å². The van der Waals surface area contributed by atoms with Gasteiger partial charge in [-0.3, -0.25) is 5.10 Å². The Balaban J connectivity index is 1.26. The second-order valence-corrected chi connectivity index (χ2v) is 8.03. The number of aromatic amines is 1. The van der Waals surface area contributed by atoms with Crippen LogP contribution in [0.5, 0.6) is 5.75 Å². The predicted octanol–water partition coefficient (Wildman–Crippen LogP) is 3.95. The van der Waals surface area contributed by atoms with Crippen molar-refractivity contribution in [3.63, 3.8) is 0 Å². The maximum absolute atomic E-state index is 5.94. The molecule has 0 radical (unpaired) electrons. The number of benzene rings is 2. The van der Waals surface area contributed by atoms with Gasteiger partial charge in [0.2, 0.25) is 12.2 Å². The summed E-state index contributed by atoms with van der Waals surface area (Å²) >= 11 is 0. The Morgan fingerprint density at radius 2 is 1.97 bits per heavy atom. The van der Waals surface area contributed by atoms with Crippen molar-refractivity contribution in [3.05, 3.63) is 53.6 Å². The van der Waals surface area contributed by atoms with Crippen molar-refractivity contribution >= 4 is 23.5 Å². The van der Waals surface area contributed by atoms with Crippen LogP contribution in [0.2, 0.25) is 0 Å². The molecule has 4 N–H and O–H groups in total. The first-order valence-electron chi connectivity index (χ1n) is 11.3. The smallest absolute Gasteiger partial charge is 0.316 e. The highest BCUT2D eigenvalue weighted by Gasteiger charge is 2.19. The van der Waals surface area contributed by atoms with E-state index in [2.05, 4.69) is 48.7 Å². The van der Waals surface area contributed by atoms with Crippen LogP contribution in [-0.2, 0) is 17.6 Å². The fourth-order valence-corrected chi connectivity index (χ4v) is 4.13. The zero-order chi connectivity index (χ0) is 22.6. The zero-order valence-corrected chi connectivity index (χ0v) is 18.5. The number of hydrogen-bond donors (Lipinski definition) is 3. The molecular formula is C24H27N7O2. The molecule has 0 saturated carbocycles. The maximum atomic E-state index is 5.94. The van der Waals surface area contributed by atoms with Gasteiger partial charge in [-0.1, -0.05) is 12.1 Å².